The van der Waals surface area contributed by atoms with Crippen molar-refractivity contribution >= 4 is 27.9 Å². The second-order valence-corrected chi connectivity index (χ2v) is 8.23. The highest BCUT2D eigenvalue weighted by molar-refractivity contribution is 7.96. The number of fused-ring (bicyclic) bond motifs is 1. The minimum absolute atomic E-state index is 0.0655. The molecule has 3 rings (SSSR count). The molecule has 0 bridgehead atoms. The number of imidazole rings is 1. The van der Waals surface area contributed by atoms with Crippen LogP contribution in [0.25, 0.3) is 11.2 Å². The summed E-state index contributed by atoms with van der Waals surface area (Å²) in [5, 5.41) is 20.7. The first-order valence-corrected chi connectivity index (χ1v) is 9.74. The highest BCUT2D eigenvalue weighted by Crippen LogP contribution is 2.32. The zero-order valence-electron chi connectivity index (χ0n) is 13.4. The van der Waals surface area contributed by atoms with E-state index < -0.39 is 24.5 Å². The number of aliphatic hydroxyl groups excluding tert-OH is 2. The van der Waals surface area contributed by atoms with Crippen LogP contribution in [-0.4, -0.2) is 72.4 Å². The Morgan fingerprint density at radius 2 is 2.08 bits per heavy atom. The molecular weight excluding hydrogens is 332 g/mol. The maximum atomic E-state index is 10.4. The van der Waals surface area contributed by atoms with Gasteiger partial charge in [-0.3, -0.25) is 4.57 Å². The predicted molar refractivity (Wildman–Crippen MR) is 92.4 cm³/mol. The van der Waals surface area contributed by atoms with E-state index in [1.807, 2.05) is 0 Å². The third-order valence-corrected chi connectivity index (χ3v) is 6.03. The molecule has 1 saturated heterocycles. The van der Waals surface area contributed by atoms with Gasteiger partial charge in [-0.05, 0) is 17.4 Å². The molecule has 3 heterocycles. The van der Waals surface area contributed by atoms with E-state index in [2.05, 4.69) is 21.2 Å². The van der Waals surface area contributed by atoms with Crippen molar-refractivity contribution in [2.45, 2.75) is 31.0 Å². The van der Waals surface area contributed by atoms with Crippen LogP contribution in [0.1, 0.15) is 12.6 Å². The van der Waals surface area contributed by atoms with Gasteiger partial charge in [0.25, 0.3) is 0 Å². The number of nitrogens with zero attached hydrogens (tertiary/aromatic N) is 4. The van der Waals surface area contributed by atoms with Gasteiger partial charge in [-0.25, -0.2) is 15.0 Å². The van der Waals surface area contributed by atoms with Crippen LogP contribution in [0.5, 0.6) is 0 Å². The van der Waals surface area contributed by atoms with E-state index in [1.54, 1.807) is 4.57 Å². The summed E-state index contributed by atoms with van der Waals surface area (Å²) in [6, 6.07) is 0. The van der Waals surface area contributed by atoms with Crippen LogP contribution in [0, 0.1) is 0 Å². The van der Waals surface area contributed by atoms with Crippen LogP contribution in [-0.2, 0) is 15.6 Å². The first-order valence-electron chi connectivity index (χ1n) is 7.76. The highest BCUT2D eigenvalue weighted by atomic mass is 32.2. The molecule has 132 valence electrons. The maximum Gasteiger partial charge on any atom is 0.167 e. The number of ether oxygens (including phenoxy) is 1. The zero-order valence-corrected chi connectivity index (χ0v) is 14.3. The summed E-state index contributed by atoms with van der Waals surface area (Å²) in [5.74, 6) is 1.93. The van der Waals surface area contributed by atoms with E-state index in [4.69, 9.17) is 16.2 Å². The molecule has 2 aromatic heterocycles. The van der Waals surface area contributed by atoms with Crippen LogP contribution in [0.3, 0.4) is 0 Å². The van der Waals surface area contributed by atoms with E-state index in [1.165, 1.54) is 12.7 Å². The molecule has 0 amide bonds. The number of hydrogen-bond donors (Lipinski definition) is 4. The molecule has 5 atom stereocenters. The van der Waals surface area contributed by atoms with Gasteiger partial charge in [0.2, 0.25) is 0 Å². The van der Waals surface area contributed by atoms with Crippen LogP contribution in [0.2, 0.25) is 0 Å². The Hall–Kier alpha value is -1.46. The number of rotatable bonds is 6. The number of aromatic nitrogens is 4. The van der Waals surface area contributed by atoms with Crippen molar-refractivity contribution in [3.63, 3.8) is 0 Å². The highest BCUT2D eigenvalue weighted by Gasteiger charge is 2.46. The molecule has 2 aromatic rings. The third kappa shape index (κ3) is 3.20. The Morgan fingerprint density at radius 3 is 2.83 bits per heavy atom. The lowest BCUT2D eigenvalue weighted by molar-refractivity contribution is -0.0290. The molecule has 0 radical (unpaired) electrons. The predicted octanol–water partition coefficient (Wildman–Crippen LogP) is -1.38. The first kappa shape index (κ1) is 17.4. The van der Waals surface area contributed by atoms with E-state index in [9.17, 15) is 10.2 Å². The smallest absolute Gasteiger partial charge is 0.167 e. The Bertz CT molecular complexity index is 698. The van der Waals surface area contributed by atoms with Gasteiger partial charge >= 0.3 is 0 Å². The van der Waals surface area contributed by atoms with Gasteiger partial charge in [-0.15, -0.1) is 0 Å². The molecule has 10 heteroatoms. The molecular formula is C14H23N6O3S+. The largest absolute Gasteiger partial charge is 0.387 e. The maximum absolute atomic E-state index is 10.4. The van der Waals surface area contributed by atoms with Gasteiger partial charge < -0.3 is 26.4 Å². The van der Waals surface area contributed by atoms with Crippen LogP contribution >= 0.6 is 0 Å². The number of anilines is 1. The Kier molecular flexibility index (Phi) is 5.21. The minimum atomic E-state index is -1.06. The van der Waals surface area contributed by atoms with Gasteiger partial charge in [-0.2, -0.15) is 0 Å². The molecule has 6 N–H and O–H groups in total. The van der Waals surface area contributed by atoms with Crippen molar-refractivity contribution in [1.29, 1.82) is 0 Å². The Balaban J connectivity index is 1.78. The zero-order chi connectivity index (χ0) is 17.3. The van der Waals surface area contributed by atoms with Gasteiger partial charge in [0.05, 0.1) is 12.6 Å². The summed E-state index contributed by atoms with van der Waals surface area (Å²) < 4.78 is 7.52. The average Bonchev–Trinajstić information content (AvgIpc) is 3.10. The van der Waals surface area contributed by atoms with E-state index in [0.29, 0.717) is 23.5 Å². The van der Waals surface area contributed by atoms with Crippen LogP contribution < -0.4 is 11.5 Å². The normalized spacial score (nSPS) is 28.5. The van der Waals surface area contributed by atoms with E-state index in [-0.39, 0.29) is 16.7 Å². The van der Waals surface area contributed by atoms with Crippen molar-refractivity contribution in [3.05, 3.63) is 12.7 Å². The molecule has 1 fully saturated rings. The van der Waals surface area contributed by atoms with Crippen molar-refractivity contribution in [2.75, 3.05) is 30.0 Å². The first-order chi connectivity index (χ1) is 11.5. The molecule has 1 unspecified atom stereocenters. The Morgan fingerprint density at radius 1 is 1.29 bits per heavy atom. The summed E-state index contributed by atoms with van der Waals surface area (Å²) >= 11 is 0. The molecule has 1 aliphatic rings. The number of nitrogens with two attached hydrogens (primary N) is 2. The Labute approximate surface area is 142 Å². The lowest BCUT2D eigenvalue weighted by Crippen LogP contribution is -2.35. The fourth-order valence-electron chi connectivity index (χ4n) is 2.85. The lowest BCUT2D eigenvalue weighted by Gasteiger charge is -2.16. The van der Waals surface area contributed by atoms with Gasteiger partial charge in [0, 0.05) is 6.42 Å². The SMILES string of the molecule is C[S+](CCCN)C[C@H]1O[C@@H](n2cnc3c(N)ncnc32)[C@@H](O)[C@H]1O. The molecule has 0 saturated carbocycles. The van der Waals surface area contributed by atoms with Crippen molar-refractivity contribution < 1.29 is 14.9 Å². The molecule has 1 aliphatic heterocycles. The summed E-state index contributed by atoms with van der Waals surface area (Å²) in [6.45, 7) is 0.652. The fourth-order valence-corrected chi connectivity index (χ4v) is 4.51. The summed E-state index contributed by atoms with van der Waals surface area (Å²) in [6.07, 6.45) is 2.68. The molecule has 24 heavy (non-hydrogen) atoms. The standard InChI is InChI=1S/C14H23N6O3S/c1-24(4-2-3-15)5-8-10(21)11(22)14(23-8)20-7-19-9-12(16)17-6-18-13(9)20/h6-8,10-11,14,21-22H,2-5,15H2,1H3,(H2,16,17,18)/q+1/t8-,10+,11+,14-,24?/m1/s1. The molecule has 0 spiro atoms. The second-order valence-electron chi connectivity index (χ2n) is 5.92. The van der Waals surface area contributed by atoms with Gasteiger partial charge in [-0.1, -0.05) is 0 Å². The number of nitrogen functional groups attached to an aromatic ring is 1. The van der Waals surface area contributed by atoms with E-state index in [0.717, 1.165) is 12.2 Å². The molecule has 0 aromatic carbocycles. The lowest BCUT2D eigenvalue weighted by atomic mass is 10.1. The van der Waals surface area contributed by atoms with Crippen molar-refractivity contribution in [3.8, 4) is 0 Å². The molecule has 0 aliphatic carbocycles. The third-order valence-electron chi connectivity index (χ3n) is 4.14. The summed E-state index contributed by atoms with van der Waals surface area (Å²) in [5.41, 5.74) is 12.2. The second kappa shape index (κ2) is 7.19. The number of hydrogen-bond acceptors (Lipinski definition) is 8. The quantitative estimate of drug-likeness (QED) is 0.464. The topological polar surface area (TPSA) is 145 Å². The van der Waals surface area contributed by atoms with E-state index >= 15 is 0 Å². The van der Waals surface area contributed by atoms with Crippen molar-refractivity contribution in [1.82, 2.24) is 19.5 Å². The molecule has 9 nitrogen and oxygen atoms in total. The van der Waals surface area contributed by atoms with Crippen LogP contribution in [0.15, 0.2) is 12.7 Å². The fraction of sp³-hybridized carbons (Fsp3) is 0.643. The van der Waals surface area contributed by atoms with Crippen LogP contribution in [0.4, 0.5) is 5.82 Å². The summed E-state index contributed by atoms with van der Waals surface area (Å²) in [7, 11) is 0.0655. The minimum Gasteiger partial charge on any atom is -0.387 e. The monoisotopic (exact) mass is 355 g/mol. The van der Waals surface area contributed by atoms with Gasteiger partial charge in [0.1, 0.15) is 41.7 Å². The average molecular weight is 355 g/mol. The van der Waals surface area contributed by atoms with Crippen molar-refractivity contribution in [2.24, 2.45) is 5.73 Å². The number of aliphatic hydroxyl groups is 2. The summed E-state index contributed by atoms with van der Waals surface area (Å²) in [4.78, 5) is 12.2. The van der Waals surface area contributed by atoms with Gasteiger partial charge in [0.15, 0.2) is 17.7 Å².